The predicted octanol–water partition coefficient (Wildman–Crippen LogP) is -0.119. The molecule has 6 nitrogen and oxygen atoms in total. The second-order valence-electron chi connectivity index (χ2n) is 4.37. The van der Waals surface area contributed by atoms with Crippen LogP contribution in [0.5, 0.6) is 0 Å². The molecular weight excluding hydrogens is 224 g/mol. The molecule has 1 heterocycles. The molecule has 0 aromatic heterocycles. The first-order chi connectivity index (χ1) is 7.95. The maximum atomic E-state index is 11.7. The van der Waals surface area contributed by atoms with Crippen molar-refractivity contribution in [1.29, 1.82) is 0 Å². The Morgan fingerprint density at radius 1 is 1.59 bits per heavy atom. The topological polar surface area (TPSA) is 95.5 Å². The van der Waals surface area contributed by atoms with Crippen molar-refractivity contribution < 1.29 is 19.5 Å². The van der Waals surface area contributed by atoms with Crippen molar-refractivity contribution in [3.05, 3.63) is 0 Å². The van der Waals surface area contributed by atoms with Crippen molar-refractivity contribution in [2.24, 2.45) is 5.92 Å². The number of rotatable bonds is 5. The lowest BCUT2D eigenvalue weighted by Gasteiger charge is -2.21. The average Bonchev–Trinajstić information content (AvgIpc) is 2.71. The molecular formula is C11H18N2O4. The summed E-state index contributed by atoms with van der Waals surface area (Å²) < 4.78 is 0. The van der Waals surface area contributed by atoms with Crippen LogP contribution >= 0.6 is 0 Å². The summed E-state index contributed by atoms with van der Waals surface area (Å²) in [5.74, 6) is -1.77. The van der Waals surface area contributed by atoms with Gasteiger partial charge in [0.05, 0.1) is 0 Å². The van der Waals surface area contributed by atoms with Gasteiger partial charge in [0, 0.05) is 6.42 Å². The Bertz CT molecular complexity index is 329. The molecule has 3 atom stereocenters. The largest absolute Gasteiger partial charge is 0.480 e. The number of hydrogen-bond acceptors (Lipinski definition) is 3. The number of carbonyl (C=O) groups excluding carboxylic acids is 2. The van der Waals surface area contributed by atoms with E-state index in [4.69, 9.17) is 5.11 Å². The van der Waals surface area contributed by atoms with Crippen molar-refractivity contribution in [3.8, 4) is 0 Å². The van der Waals surface area contributed by atoms with Crippen molar-refractivity contribution in [3.63, 3.8) is 0 Å². The zero-order valence-electron chi connectivity index (χ0n) is 10.0. The molecule has 1 aliphatic heterocycles. The zero-order valence-corrected chi connectivity index (χ0v) is 10.0. The van der Waals surface area contributed by atoms with E-state index in [1.165, 1.54) is 0 Å². The summed E-state index contributed by atoms with van der Waals surface area (Å²) in [6.07, 6.45) is 1.41. The third kappa shape index (κ3) is 3.44. The summed E-state index contributed by atoms with van der Waals surface area (Å²) in [7, 11) is 0. The Balaban J connectivity index is 2.58. The molecule has 6 heteroatoms. The Hall–Kier alpha value is -1.59. The zero-order chi connectivity index (χ0) is 13.0. The van der Waals surface area contributed by atoms with E-state index in [1.54, 1.807) is 6.92 Å². The van der Waals surface area contributed by atoms with Gasteiger partial charge in [-0.25, -0.2) is 4.79 Å². The molecule has 1 saturated heterocycles. The molecule has 0 aromatic rings. The van der Waals surface area contributed by atoms with E-state index in [2.05, 4.69) is 10.6 Å². The highest BCUT2D eigenvalue weighted by molar-refractivity contribution is 5.92. The number of carboxylic acid groups (broad SMARTS) is 1. The lowest BCUT2D eigenvalue weighted by molar-refractivity contribution is -0.143. The Kier molecular flexibility index (Phi) is 4.48. The lowest BCUT2D eigenvalue weighted by atomic mass is 9.99. The summed E-state index contributed by atoms with van der Waals surface area (Å²) >= 11 is 0. The molecule has 0 spiro atoms. The van der Waals surface area contributed by atoms with Crippen LogP contribution in [0.1, 0.15) is 33.1 Å². The molecule has 1 fully saturated rings. The van der Waals surface area contributed by atoms with Crippen LogP contribution in [0.3, 0.4) is 0 Å². The number of amides is 2. The van der Waals surface area contributed by atoms with Crippen LogP contribution in [0, 0.1) is 5.92 Å². The maximum absolute atomic E-state index is 11.7. The second-order valence-corrected chi connectivity index (χ2v) is 4.37. The van der Waals surface area contributed by atoms with Crippen molar-refractivity contribution in [1.82, 2.24) is 10.6 Å². The van der Waals surface area contributed by atoms with Crippen LogP contribution in [0.2, 0.25) is 0 Å². The summed E-state index contributed by atoms with van der Waals surface area (Å²) in [5, 5.41) is 14.0. The Morgan fingerprint density at radius 2 is 2.24 bits per heavy atom. The molecule has 0 saturated carbocycles. The molecule has 0 aliphatic carbocycles. The fraction of sp³-hybridized carbons (Fsp3) is 0.727. The van der Waals surface area contributed by atoms with E-state index in [9.17, 15) is 14.4 Å². The Labute approximate surface area is 99.8 Å². The molecule has 17 heavy (non-hydrogen) atoms. The fourth-order valence-electron chi connectivity index (χ4n) is 1.75. The molecule has 3 N–H and O–H groups in total. The van der Waals surface area contributed by atoms with Crippen LogP contribution in [0.15, 0.2) is 0 Å². The lowest BCUT2D eigenvalue weighted by Crippen LogP contribution is -2.51. The van der Waals surface area contributed by atoms with Gasteiger partial charge in [-0.05, 0) is 12.3 Å². The van der Waals surface area contributed by atoms with E-state index in [1.807, 2.05) is 6.92 Å². The predicted molar refractivity (Wildman–Crippen MR) is 60.2 cm³/mol. The van der Waals surface area contributed by atoms with Gasteiger partial charge in [0.1, 0.15) is 12.1 Å². The SMILES string of the molecule is CCC(C)[C@H](NC(=O)[C@@H]1CCC(=O)N1)C(=O)O. The maximum Gasteiger partial charge on any atom is 0.326 e. The van der Waals surface area contributed by atoms with Crippen LogP contribution in [-0.2, 0) is 14.4 Å². The van der Waals surface area contributed by atoms with Gasteiger partial charge >= 0.3 is 5.97 Å². The van der Waals surface area contributed by atoms with Crippen LogP contribution in [-0.4, -0.2) is 35.0 Å². The highest BCUT2D eigenvalue weighted by Gasteiger charge is 2.32. The minimum Gasteiger partial charge on any atom is -0.480 e. The summed E-state index contributed by atoms with van der Waals surface area (Å²) in [6.45, 7) is 3.64. The van der Waals surface area contributed by atoms with E-state index >= 15 is 0 Å². The summed E-state index contributed by atoms with van der Waals surface area (Å²) in [5.41, 5.74) is 0. The monoisotopic (exact) mass is 242 g/mol. The highest BCUT2D eigenvalue weighted by atomic mass is 16.4. The quantitative estimate of drug-likeness (QED) is 0.626. The van der Waals surface area contributed by atoms with Gasteiger partial charge < -0.3 is 15.7 Å². The smallest absolute Gasteiger partial charge is 0.326 e. The third-order valence-electron chi connectivity index (χ3n) is 3.09. The van der Waals surface area contributed by atoms with E-state index in [0.29, 0.717) is 19.3 Å². The van der Waals surface area contributed by atoms with Crippen LogP contribution in [0.4, 0.5) is 0 Å². The molecule has 1 rings (SSSR count). The van der Waals surface area contributed by atoms with Gasteiger partial charge in [0.2, 0.25) is 11.8 Å². The van der Waals surface area contributed by atoms with Gasteiger partial charge in [0.25, 0.3) is 0 Å². The van der Waals surface area contributed by atoms with Crippen molar-refractivity contribution >= 4 is 17.8 Å². The summed E-state index contributed by atoms with van der Waals surface area (Å²) in [6, 6.07) is -1.49. The first-order valence-corrected chi connectivity index (χ1v) is 5.78. The second kappa shape index (κ2) is 5.65. The van der Waals surface area contributed by atoms with Gasteiger partial charge in [-0.3, -0.25) is 9.59 Å². The molecule has 0 aromatic carbocycles. The van der Waals surface area contributed by atoms with Crippen LogP contribution < -0.4 is 10.6 Å². The van der Waals surface area contributed by atoms with Crippen LogP contribution in [0.25, 0.3) is 0 Å². The minimum absolute atomic E-state index is 0.145. The first kappa shape index (κ1) is 13.5. The molecule has 2 amide bonds. The van der Waals surface area contributed by atoms with Gasteiger partial charge in [-0.2, -0.15) is 0 Å². The van der Waals surface area contributed by atoms with E-state index in [0.717, 1.165) is 0 Å². The van der Waals surface area contributed by atoms with E-state index in [-0.39, 0.29) is 11.8 Å². The normalized spacial score (nSPS) is 22.7. The third-order valence-corrected chi connectivity index (χ3v) is 3.09. The Morgan fingerprint density at radius 3 is 2.65 bits per heavy atom. The molecule has 0 radical (unpaired) electrons. The molecule has 1 unspecified atom stereocenters. The highest BCUT2D eigenvalue weighted by Crippen LogP contribution is 2.11. The number of carboxylic acids is 1. The van der Waals surface area contributed by atoms with Crippen molar-refractivity contribution in [2.45, 2.75) is 45.2 Å². The number of nitrogens with one attached hydrogen (secondary N) is 2. The average molecular weight is 242 g/mol. The standard InChI is InChI=1S/C11H18N2O4/c1-3-6(2)9(11(16)17)13-10(15)7-4-5-8(14)12-7/h6-7,9H,3-5H2,1-2H3,(H,12,14)(H,13,15)(H,16,17)/t6?,7-,9-/m0/s1. The van der Waals surface area contributed by atoms with Gasteiger partial charge in [-0.15, -0.1) is 0 Å². The minimum atomic E-state index is -1.04. The molecule has 0 bridgehead atoms. The van der Waals surface area contributed by atoms with Crippen molar-refractivity contribution in [2.75, 3.05) is 0 Å². The van der Waals surface area contributed by atoms with Gasteiger partial charge in [-0.1, -0.05) is 20.3 Å². The molecule has 1 aliphatic rings. The first-order valence-electron chi connectivity index (χ1n) is 5.78. The van der Waals surface area contributed by atoms with Gasteiger partial charge in [0.15, 0.2) is 0 Å². The number of carbonyl (C=O) groups is 3. The van der Waals surface area contributed by atoms with E-state index < -0.39 is 24.0 Å². The number of hydrogen-bond donors (Lipinski definition) is 3. The number of aliphatic carboxylic acids is 1. The summed E-state index contributed by atoms with van der Waals surface area (Å²) in [4.78, 5) is 33.7. The fourth-order valence-corrected chi connectivity index (χ4v) is 1.75. The molecule has 96 valence electrons.